The zero-order chi connectivity index (χ0) is 13.0. The summed E-state index contributed by atoms with van der Waals surface area (Å²) < 4.78 is 0. The molecule has 4 N–H and O–H groups in total. The van der Waals surface area contributed by atoms with Gasteiger partial charge >= 0.3 is 0 Å². The molecule has 1 aliphatic heterocycles. The first kappa shape index (κ1) is 13.5. The van der Waals surface area contributed by atoms with Crippen LogP contribution in [0.15, 0.2) is 5.16 Å². The van der Waals surface area contributed by atoms with E-state index in [-0.39, 0.29) is 17.8 Å². The zero-order valence-electron chi connectivity index (χ0n) is 10.5. The lowest BCUT2D eigenvalue weighted by molar-refractivity contribution is -0.129. The van der Waals surface area contributed by atoms with Gasteiger partial charge in [-0.05, 0) is 25.0 Å². The first-order valence-electron chi connectivity index (χ1n) is 6.56. The predicted octanol–water partition coefficient (Wildman–Crippen LogP) is 1.30. The molecule has 1 amide bonds. The largest absolute Gasteiger partial charge is 0.409 e. The maximum atomic E-state index is 12.5. The fourth-order valence-electron chi connectivity index (χ4n) is 2.82. The molecule has 0 aromatic heterocycles. The van der Waals surface area contributed by atoms with Crippen LogP contribution < -0.4 is 11.1 Å². The summed E-state index contributed by atoms with van der Waals surface area (Å²) >= 11 is 1.86. The normalized spacial score (nSPS) is 28.0. The molecule has 6 heteroatoms. The quantitative estimate of drug-likeness (QED) is 0.312. The Morgan fingerprint density at radius 3 is 2.67 bits per heavy atom. The van der Waals surface area contributed by atoms with Crippen molar-refractivity contribution in [1.29, 1.82) is 0 Å². The van der Waals surface area contributed by atoms with Crippen molar-refractivity contribution in [1.82, 2.24) is 5.32 Å². The molecule has 1 atom stereocenters. The molecule has 1 saturated carbocycles. The predicted molar refractivity (Wildman–Crippen MR) is 72.8 cm³/mol. The molecule has 1 saturated heterocycles. The van der Waals surface area contributed by atoms with Gasteiger partial charge < -0.3 is 16.3 Å². The highest BCUT2D eigenvalue weighted by molar-refractivity contribution is 7.99. The number of amidine groups is 1. The van der Waals surface area contributed by atoms with E-state index in [1.807, 2.05) is 11.8 Å². The van der Waals surface area contributed by atoms with E-state index in [2.05, 4.69) is 10.5 Å². The Kier molecular flexibility index (Phi) is 4.37. The molecule has 1 aliphatic carbocycles. The SMILES string of the molecule is NC(=NO)C1(C(=O)NC2CCSC2)CCCCC1. The van der Waals surface area contributed by atoms with Gasteiger partial charge in [0.2, 0.25) is 5.91 Å². The average Bonchev–Trinajstić information content (AvgIpc) is 2.91. The van der Waals surface area contributed by atoms with Crippen molar-refractivity contribution in [3.05, 3.63) is 0 Å². The second-order valence-corrected chi connectivity index (χ2v) is 6.31. The van der Waals surface area contributed by atoms with E-state index in [4.69, 9.17) is 10.9 Å². The lowest BCUT2D eigenvalue weighted by atomic mass is 9.72. The van der Waals surface area contributed by atoms with Crippen LogP contribution >= 0.6 is 11.8 Å². The van der Waals surface area contributed by atoms with Crippen LogP contribution in [0.25, 0.3) is 0 Å². The molecule has 1 heterocycles. The smallest absolute Gasteiger partial charge is 0.234 e. The first-order valence-corrected chi connectivity index (χ1v) is 7.71. The molecule has 0 radical (unpaired) electrons. The molecule has 2 fully saturated rings. The summed E-state index contributed by atoms with van der Waals surface area (Å²) in [5.41, 5.74) is 5.01. The van der Waals surface area contributed by atoms with Crippen molar-refractivity contribution in [2.24, 2.45) is 16.3 Å². The number of nitrogens with zero attached hydrogens (tertiary/aromatic N) is 1. The maximum Gasteiger partial charge on any atom is 0.234 e. The summed E-state index contributed by atoms with van der Waals surface area (Å²) in [5.74, 6) is 2.09. The van der Waals surface area contributed by atoms with Crippen molar-refractivity contribution in [2.75, 3.05) is 11.5 Å². The third-order valence-electron chi connectivity index (χ3n) is 4.00. The number of carbonyl (C=O) groups is 1. The molecule has 1 unspecified atom stereocenters. The van der Waals surface area contributed by atoms with Gasteiger partial charge in [0, 0.05) is 11.8 Å². The molecule has 102 valence electrons. The Hall–Kier alpha value is -0.910. The Bertz CT molecular complexity index is 334. The number of carbonyl (C=O) groups excluding carboxylic acids is 1. The van der Waals surface area contributed by atoms with E-state index in [0.29, 0.717) is 12.8 Å². The molecule has 2 rings (SSSR count). The monoisotopic (exact) mass is 271 g/mol. The highest BCUT2D eigenvalue weighted by atomic mass is 32.2. The van der Waals surface area contributed by atoms with Crippen LogP contribution in [0.2, 0.25) is 0 Å². The van der Waals surface area contributed by atoms with Crippen molar-refractivity contribution in [2.45, 2.75) is 44.6 Å². The van der Waals surface area contributed by atoms with Crippen LogP contribution in [0.5, 0.6) is 0 Å². The second kappa shape index (κ2) is 5.82. The number of nitrogens with one attached hydrogen (secondary N) is 1. The first-order chi connectivity index (χ1) is 8.69. The van der Waals surface area contributed by atoms with E-state index < -0.39 is 5.41 Å². The van der Waals surface area contributed by atoms with Gasteiger partial charge in [-0.2, -0.15) is 11.8 Å². The third kappa shape index (κ3) is 2.58. The van der Waals surface area contributed by atoms with Gasteiger partial charge in [0.05, 0.1) is 0 Å². The standard InChI is InChI=1S/C12H21N3O2S/c13-10(15-17)12(5-2-1-3-6-12)11(16)14-9-4-7-18-8-9/h9,17H,1-8H2,(H2,13,15)(H,14,16). The van der Waals surface area contributed by atoms with Crippen LogP contribution in [0.4, 0.5) is 0 Å². The summed E-state index contributed by atoms with van der Waals surface area (Å²) in [7, 11) is 0. The zero-order valence-corrected chi connectivity index (χ0v) is 11.3. The van der Waals surface area contributed by atoms with Crippen LogP contribution in [0, 0.1) is 5.41 Å². The fourth-order valence-corrected chi connectivity index (χ4v) is 3.97. The lowest BCUT2D eigenvalue weighted by Crippen LogP contribution is -2.53. The van der Waals surface area contributed by atoms with E-state index in [1.54, 1.807) is 0 Å². The molecular weight excluding hydrogens is 250 g/mol. The number of hydrogen-bond donors (Lipinski definition) is 3. The third-order valence-corrected chi connectivity index (χ3v) is 5.17. The minimum atomic E-state index is -0.778. The minimum absolute atomic E-state index is 0.0509. The fraction of sp³-hybridized carbons (Fsp3) is 0.833. The molecule has 0 aromatic carbocycles. The Labute approximate surface area is 112 Å². The molecule has 0 aromatic rings. The number of rotatable bonds is 3. The molecule has 0 bridgehead atoms. The lowest BCUT2D eigenvalue weighted by Gasteiger charge is -2.35. The molecular formula is C12H21N3O2S. The van der Waals surface area contributed by atoms with Gasteiger partial charge in [-0.25, -0.2) is 0 Å². The summed E-state index contributed by atoms with van der Waals surface area (Å²) in [6, 6.07) is 0.243. The minimum Gasteiger partial charge on any atom is -0.409 e. The number of hydrogen-bond acceptors (Lipinski definition) is 4. The Morgan fingerprint density at radius 1 is 1.39 bits per heavy atom. The van der Waals surface area contributed by atoms with Crippen molar-refractivity contribution in [3.63, 3.8) is 0 Å². The van der Waals surface area contributed by atoms with Gasteiger partial charge in [0.15, 0.2) is 5.84 Å². The van der Waals surface area contributed by atoms with Crippen molar-refractivity contribution >= 4 is 23.5 Å². The topological polar surface area (TPSA) is 87.7 Å². The van der Waals surface area contributed by atoms with E-state index >= 15 is 0 Å². The highest BCUT2D eigenvalue weighted by Crippen LogP contribution is 2.37. The average molecular weight is 271 g/mol. The van der Waals surface area contributed by atoms with Gasteiger partial charge in [0.25, 0.3) is 0 Å². The molecule has 18 heavy (non-hydrogen) atoms. The van der Waals surface area contributed by atoms with Crippen molar-refractivity contribution < 1.29 is 10.0 Å². The Balaban J connectivity index is 2.09. The number of nitrogens with two attached hydrogens (primary N) is 1. The highest BCUT2D eigenvalue weighted by Gasteiger charge is 2.44. The van der Waals surface area contributed by atoms with E-state index in [9.17, 15) is 4.79 Å². The summed E-state index contributed by atoms with van der Waals surface area (Å²) in [4.78, 5) is 12.5. The number of thioether (sulfide) groups is 1. The van der Waals surface area contributed by atoms with Crippen LogP contribution in [-0.4, -0.2) is 34.5 Å². The Morgan fingerprint density at radius 2 is 2.11 bits per heavy atom. The molecule has 0 spiro atoms. The molecule has 5 nitrogen and oxygen atoms in total. The van der Waals surface area contributed by atoms with Gasteiger partial charge in [-0.15, -0.1) is 0 Å². The van der Waals surface area contributed by atoms with Crippen molar-refractivity contribution in [3.8, 4) is 0 Å². The van der Waals surface area contributed by atoms with E-state index in [0.717, 1.165) is 37.2 Å². The van der Waals surface area contributed by atoms with Crippen LogP contribution in [0.1, 0.15) is 38.5 Å². The second-order valence-electron chi connectivity index (χ2n) is 5.16. The number of oxime groups is 1. The number of amides is 1. The van der Waals surface area contributed by atoms with Gasteiger partial charge in [0.1, 0.15) is 5.41 Å². The maximum absolute atomic E-state index is 12.5. The van der Waals surface area contributed by atoms with Crippen LogP contribution in [0.3, 0.4) is 0 Å². The summed E-state index contributed by atoms with van der Waals surface area (Å²) in [6.07, 6.45) is 5.44. The molecule has 2 aliphatic rings. The van der Waals surface area contributed by atoms with Crippen LogP contribution in [-0.2, 0) is 4.79 Å². The summed E-state index contributed by atoms with van der Waals surface area (Å²) in [5, 5.41) is 15.1. The van der Waals surface area contributed by atoms with E-state index in [1.165, 1.54) is 0 Å². The van der Waals surface area contributed by atoms with Gasteiger partial charge in [-0.1, -0.05) is 24.4 Å². The summed E-state index contributed by atoms with van der Waals surface area (Å²) in [6.45, 7) is 0. The van der Waals surface area contributed by atoms with Gasteiger partial charge in [-0.3, -0.25) is 4.79 Å².